The maximum Gasteiger partial charge on any atom is 0.410 e. The van der Waals surface area contributed by atoms with Crippen molar-refractivity contribution in [2.45, 2.75) is 134 Å². The van der Waals surface area contributed by atoms with Crippen molar-refractivity contribution in [2.75, 3.05) is 26.2 Å². The third-order valence-electron chi connectivity index (χ3n) is 7.66. The van der Waals surface area contributed by atoms with Gasteiger partial charge in [-0.05, 0) is 105 Å². The van der Waals surface area contributed by atoms with Gasteiger partial charge in [-0.3, -0.25) is 4.99 Å². The van der Waals surface area contributed by atoms with Crippen molar-refractivity contribution < 1.29 is 9.53 Å². The van der Waals surface area contributed by atoms with Crippen molar-refractivity contribution >= 4 is 11.8 Å². The predicted molar refractivity (Wildman–Crippen MR) is 194 cm³/mol. The monoisotopic (exact) mass is 623 g/mol. The molecule has 2 aliphatic rings. The molecule has 0 N–H and O–H groups in total. The van der Waals surface area contributed by atoms with E-state index >= 15 is 0 Å². The summed E-state index contributed by atoms with van der Waals surface area (Å²) in [6.45, 7) is 29.9. The Balaban J connectivity index is 0.000000998. The van der Waals surface area contributed by atoms with E-state index in [9.17, 15) is 4.79 Å². The molecule has 2 rings (SSSR count). The second-order valence-corrected chi connectivity index (χ2v) is 13.3. The first-order valence-corrected chi connectivity index (χ1v) is 17.2. The molecule has 0 unspecified atom stereocenters. The van der Waals surface area contributed by atoms with Gasteiger partial charge >= 0.3 is 6.09 Å². The van der Waals surface area contributed by atoms with Gasteiger partial charge in [0.15, 0.2) is 0 Å². The zero-order chi connectivity index (χ0) is 34.6. The Morgan fingerprint density at radius 2 is 1.56 bits per heavy atom. The normalized spacial score (nSPS) is 17.3. The molecule has 0 bridgehead atoms. The maximum atomic E-state index is 12.4. The molecule has 1 aliphatic heterocycles. The van der Waals surface area contributed by atoms with Crippen molar-refractivity contribution in [3.05, 3.63) is 58.5 Å². The van der Waals surface area contributed by atoms with Gasteiger partial charge in [0.2, 0.25) is 0 Å². The fourth-order valence-corrected chi connectivity index (χ4v) is 4.60. The number of ether oxygens (including phenoxy) is 1. The second kappa shape index (κ2) is 22.4. The minimum Gasteiger partial charge on any atom is -0.444 e. The quantitative estimate of drug-likeness (QED) is 0.138. The Morgan fingerprint density at radius 1 is 1.00 bits per heavy atom. The third kappa shape index (κ3) is 17.9. The lowest BCUT2D eigenvalue weighted by atomic mass is 9.95. The highest BCUT2D eigenvalue weighted by Crippen LogP contribution is 2.41. The van der Waals surface area contributed by atoms with E-state index in [0.29, 0.717) is 19.0 Å². The van der Waals surface area contributed by atoms with Crippen LogP contribution >= 0.6 is 0 Å². The average molecular weight is 623 g/mol. The number of nitrogens with zero attached hydrogens (tertiary/aromatic N) is 4. The van der Waals surface area contributed by atoms with E-state index in [-0.39, 0.29) is 6.09 Å². The first-order valence-electron chi connectivity index (χ1n) is 17.2. The molecule has 2 fully saturated rings. The Labute approximate surface area is 277 Å². The third-order valence-corrected chi connectivity index (χ3v) is 7.66. The summed E-state index contributed by atoms with van der Waals surface area (Å²) in [5, 5.41) is 8.50. The number of carbonyl (C=O) groups is 1. The number of carbonyl (C=O) groups excluding carboxylic acids is 1. The molecule has 6 nitrogen and oxygen atoms in total. The molecule has 6 heteroatoms. The Bertz CT molecular complexity index is 1110. The molecule has 1 aliphatic carbocycles. The van der Waals surface area contributed by atoms with Gasteiger partial charge in [0.1, 0.15) is 5.60 Å². The summed E-state index contributed by atoms with van der Waals surface area (Å²) in [6.07, 6.45) is 17.1. The lowest BCUT2D eigenvalue weighted by Gasteiger charge is -2.38. The summed E-state index contributed by atoms with van der Waals surface area (Å²) in [4.78, 5) is 21.3. The molecule has 1 saturated carbocycles. The largest absolute Gasteiger partial charge is 0.444 e. The number of amides is 1. The molecular formula is C39H66N4O2. The van der Waals surface area contributed by atoms with E-state index < -0.39 is 5.60 Å². The van der Waals surface area contributed by atoms with Crippen molar-refractivity contribution in [3.63, 3.8) is 0 Å². The van der Waals surface area contributed by atoms with Gasteiger partial charge < -0.3 is 14.5 Å². The molecular weight excluding hydrogens is 556 g/mol. The fraction of sp³-hybridized carbons (Fsp3) is 0.667. The van der Waals surface area contributed by atoms with Gasteiger partial charge in [-0.1, -0.05) is 71.3 Å². The fourth-order valence-electron chi connectivity index (χ4n) is 4.60. The molecule has 0 aromatic rings. The highest BCUT2D eigenvalue weighted by Gasteiger charge is 2.32. The van der Waals surface area contributed by atoms with Crippen LogP contribution in [-0.4, -0.2) is 53.4 Å². The van der Waals surface area contributed by atoms with Crippen molar-refractivity contribution in [1.82, 2.24) is 9.80 Å². The van der Waals surface area contributed by atoms with E-state index in [0.717, 1.165) is 49.6 Å². The van der Waals surface area contributed by atoms with Crippen LogP contribution in [0.1, 0.15) is 129 Å². The Kier molecular flexibility index (Phi) is 20.9. The topological polar surface area (TPSA) is 68.9 Å². The van der Waals surface area contributed by atoms with Gasteiger partial charge in [-0.25, -0.2) is 4.79 Å². The Hall–Kier alpha value is -3.07. The molecule has 1 heterocycles. The zero-order valence-corrected chi connectivity index (χ0v) is 31.2. The first-order chi connectivity index (χ1) is 21.2. The second-order valence-electron chi connectivity index (χ2n) is 13.3. The lowest BCUT2D eigenvalue weighted by Crippen LogP contribution is -2.49. The predicted octanol–water partition coefficient (Wildman–Crippen LogP) is 10.8. The molecule has 0 spiro atoms. The maximum absolute atomic E-state index is 12.4. The van der Waals surface area contributed by atoms with Gasteiger partial charge in [0, 0.05) is 54.9 Å². The van der Waals surface area contributed by atoms with E-state index in [1.54, 1.807) is 0 Å². The van der Waals surface area contributed by atoms with Crippen molar-refractivity contribution in [3.8, 4) is 6.07 Å². The van der Waals surface area contributed by atoms with Crippen LogP contribution in [0.25, 0.3) is 0 Å². The summed E-state index contributed by atoms with van der Waals surface area (Å²) < 4.78 is 5.53. The van der Waals surface area contributed by atoms with Crippen molar-refractivity contribution in [1.29, 1.82) is 5.26 Å². The number of allylic oxidation sites excluding steroid dienone is 9. The van der Waals surface area contributed by atoms with Gasteiger partial charge in [-0.2, -0.15) is 5.26 Å². The van der Waals surface area contributed by atoms with Crippen LogP contribution in [-0.2, 0) is 4.74 Å². The molecule has 1 amide bonds. The molecule has 254 valence electrons. The number of nitriles is 1. The van der Waals surface area contributed by atoms with Crippen LogP contribution in [0.4, 0.5) is 4.79 Å². The van der Waals surface area contributed by atoms with Crippen LogP contribution in [0.5, 0.6) is 0 Å². The summed E-state index contributed by atoms with van der Waals surface area (Å²) in [6, 6.07) is 2.11. The molecule has 45 heavy (non-hydrogen) atoms. The van der Waals surface area contributed by atoms with Gasteiger partial charge in [0.05, 0.1) is 6.07 Å². The number of aliphatic imine (C=N–C) groups is 1. The number of rotatable bonds is 10. The molecule has 0 radical (unpaired) electrons. The summed E-state index contributed by atoms with van der Waals surface area (Å²) in [7, 11) is 0. The number of piperazine rings is 1. The van der Waals surface area contributed by atoms with E-state index in [1.165, 1.54) is 41.7 Å². The van der Waals surface area contributed by atoms with Crippen LogP contribution < -0.4 is 0 Å². The van der Waals surface area contributed by atoms with Gasteiger partial charge in [0.25, 0.3) is 0 Å². The summed E-state index contributed by atoms with van der Waals surface area (Å²) in [5.41, 5.74) is 6.62. The number of hydrogen-bond acceptors (Lipinski definition) is 5. The van der Waals surface area contributed by atoms with Crippen LogP contribution in [0, 0.1) is 23.2 Å². The minimum absolute atomic E-state index is 0.214. The Morgan fingerprint density at radius 3 is 1.96 bits per heavy atom. The highest BCUT2D eigenvalue weighted by molar-refractivity contribution is 6.03. The average Bonchev–Trinajstić information content (AvgIpc) is 3.84. The lowest BCUT2D eigenvalue weighted by molar-refractivity contribution is 0.0168. The minimum atomic E-state index is -0.456. The van der Waals surface area contributed by atoms with Crippen molar-refractivity contribution in [2.24, 2.45) is 16.8 Å². The van der Waals surface area contributed by atoms with E-state index in [2.05, 4.69) is 84.6 Å². The number of hydrogen-bond donors (Lipinski definition) is 0. The smallest absolute Gasteiger partial charge is 0.410 e. The molecule has 0 atom stereocenters. The van der Waals surface area contributed by atoms with Crippen LogP contribution in [0.15, 0.2) is 63.5 Å². The first kappa shape index (κ1) is 41.9. The van der Waals surface area contributed by atoms with E-state index in [1.807, 2.05) is 51.8 Å². The molecule has 0 aromatic carbocycles. The zero-order valence-electron chi connectivity index (χ0n) is 31.2. The highest BCUT2D eigenvalue weighted by atomic mass is 16.6. The SMILES string of the molecule is C/C=C(\C=C(/C)C#N)CCC.CCC(C)C.C\C=C(C(/C(C)=N/C=C/CC)=C(/C)N1CCN(C(=O)OC(C)(C)C)CC1)\C1CC1. The summed E-state index contributed by atoms with van der Waals surface area (Å²) >= 11 is 0. The van der Waals surface area contributed by atoms with Crippen LogP contribution in [0.2, 0.25) is 0 Å². The summed E-state index contributed by atoms with van der Waals surface area (Å²) in [5.74, 6) is 1.54. The standard InChI is InChI=1S/C24H39N3O2.C10H15N.C5H12/c1-8-10-13-25-18(3)22(21(9-2)20-11-12-20)19(4)26-14-16-27(17-15-26)23(28)29-24(5,6)7;1-4-6-10(5-2)7-9(3)8-11;1-4-5(2)3/h9-10,13,20H,8,11-12,14-17H2,1-7H3;5,7H,4,6H2,1-3H3;5H,4H2,1-3H3/b13-10+,21-9-,22-19-,25-18+;9-7+,10-5-;. The molecule has 1 saturated heterocycles. The van der Waals surface area contributed by atoms with Crippen LogP contribution in [0.3, 0.4) is 0 Å². The molecule has 0 aromatic heterocycles. The van der Waals surface area contributed by atoms with E-state index in [4.69, 9.17) is 15.0 Å². The van der Waals surface area contributed by atoms with Gasteiger partial charge in [-0.15, -0.1) is 0 Å².